The second-order valence-corrected chi connectivity index (χ2v) is 11.0. The first kappa shape index (κ1) is 44.3. The quantitative estimate of drug-likeness (QED) is 0.105. The number of phenols is 3. The molecule has 0 fully saturated rings. The first-order valence-corrected chi connectivity index (χ1v) is 16.2. The lowest BCUT2D eigenvalue weighted by atomic mass is 10.2. The Labute approximate surface area is 288 Å². The topological polar surface area (TPSA) is 136 Å². The zero-order valence-corrected chi connectivity index (χ0v) is 30.0. The summed E-state index contributed by atoms with van der Waals surface area (Å²) in [7, 11) is 6.20. The summed E-state index contributed by atoms with van der Waals surface area (Å²) in [5.74, 6) is 2.54. The van der Waals surface area contributed by atoms with Gasteiger partial charge in [-0.1, -0.05) is 58.2 Å². The fraction of sp³-hybridized carbons (Fsp3) is 0.500. The molecule has 1 radical (unpaired) electrons. The van der Waals surface area contributed by atoms with Crippen LogP contribution in [0.15, 0.2) is 54.6 Å². The van der Waals surface area contributed by atoms with Gasteiger partial charge in [-0.2, -0.15) is 0 Å². The molecule has 4 N–H and O–H groups in total. The Bertz CT molecular complexity index is 1220. The first-order chi connectivity index (χ1) is 23.1. The van der Waals surface area contributed by atoms with E-state index in [1.807, 2.05) is 6.07 Å². The molecule has 271 valence electrons. The summed E-state index contributed by atoms with van der Waals surface area (Å²) in [5.41, 5.74) is 2.96. The van der Waals surface area contributed by atoms with E-state index in [1.165, 1.54) is 33.5 Å². The number of hydrogen-bond acceptors (Lipinski definition) is 10. The molecule has 0 heterocycles. The Balaban J connectivity index is 0.000000645. The van der Waals surface area contributed by atoms with Gasteiger partial charge in [0, 0.05) is 26.9 Å². The van der Waals surface area contributed by atoms with Crippen molar-refractivity contribution in [3.63, 3.8) is 0 Å². The first-order valence-electron chi connectivity index (χ1n) is 16.2. The summed E-state index contributed by atoms with van der Waals surface area (Å²) in [6.07, 6.45) is 5.80. The van der Waals surface area contributed by atoms with Crippen LogP contribution in [0.4, 0.5) is 0 Å². The van der Waals surface area contributed by atoms with Gasteiger partial charge in [0.25, 0.3) is 0 Å². The van der Waals surface area contributed by atoms with E-state index in [0.717, 1.165) is 36.1 Å². The largest absolute Gasteiger partial charge is 0.504 e. The van der Waals surface area contributed by atoms with Crippen molar-refractivity contribution >= 4 is 0 Å². The minimum absolute atomic E-state index is 0.140. The molecular formula is C38H59O10. The van der Waals surface area contributed by atoms with Crippen LogP contribution in [-0.2, 0) is 34.0 Å². The highest BCUT2D eigenvalue weighted by molar-refractivity contribution is 5.43. The van der Waals surface area contributed by atoms with Gasteiger partial charge in [0.2, 0.25) is 0 Å². The van der Waals surface area contributed by atoms with E-state index in [1.54, 1.807) is 62.8 Å². The molecule has 10 nitrogen and oxygen atoms in total. The van der Waals surface area contributed by atoms with Crippen LogP contribution in [-0.4, -0.2) is 68.7 Å². The third-order valence-corrected chi connectivity index (χ3v) is 6.57. The predicted octanol–water partition coefficient (Wildman–Crippen LogP) is 7.82. The molecule has 0 bridgehead atoms. The van der Waals surface area contributed by atoms with Crippen molar-refractivity contribution in [1.82, 2.24) is 0 Å². The van der Waals surface area contributed by atoms with Crippen LogP contribution >= 0.6 is 0 Å². The molecule has 0 amide bonds. The number of aromatic hydroxyl groups is 3. The van der Waals surface area contributed by atoms with Crippen molar-refractivity contribution in [1.29, 1.82) is 0 Å². The number of ether oxygens (including phenoxy) is 6. The van der Waals surface area contributed by atoms with Crippen molar-refractivity contribution in [2.45, 2.75) is 72.7 Å². The van der Waals surface area contributed by atoms with Gasteiger partial charge in [-0.15, -0.1) is 0 Å². The zero-order valence-electron chi connectivity index (χ0n) is 30.0. The Morgan fingerprint density at radius 1 is 0.625 bits per heavy atom. The molecule has 0 aliphatic rings. The third-order valence-electron chi connectivity index (χ3n) is 6.57. The molecule has 10 heteroatoms. The smallest absolute Gasteiger partial charge is 0.160 e. The fourth-order valence-electron chi connectivity index (χ4n) is 3.87. The van der Waals surface area contributed by atoms with Gasteiger partial charge in [-0.05, 0) is 78.8 Å². The highest BCUT2D eigenvalue weighted by Crippen LogP contribution is 2.28. The Morgan fingerprint density at radius 3 is 1.40 bits per heavy atom. The summed E-state index contributed by atoms with van der Waals surface area (Å²) in [6.45, 7) is 13.1. The molecule has 0 aliphatic heterocycles. The van der Waals surface area contributed by atoms with Crippen molar-refractivity contribution in [3.05, 3.63) is 78.2 Å². The number of benzene rings is 3. The van der Waals surface area contributed by atoms with Crippen LogP contribution in [0.25, 0.3) is 0 Å². The lowest BCUT2D eigenvalue weighted by Gasteiger charge is -2.07. The van der Waals surface area contributed by atoms with E-state index >= 15 is 0 Å². The van der Waals surface area contributed by atoms with Crippen LogP contribution < -0.4 is 14.2 Å². The minimum atomic E-state index is 0.140. The van der Waals surface area contributed by atoms with Crippen LogP contribution in [0.5, 0.6) is 34.5 Å². The van der Waals surface area contributed by atoms with Crippen molar-refractivity contribution in [2.75, 3.05) is 48.3 Å². The van der Waals surface area contributed by atoms with E-state index in [4.69, 9.17) is 33.5 Å². The monoisotopic (exact) mass is 675 g/mol. The average Bonchev–Trinajstić information content (AvgIpc) is 3.08. The van der Waals surface area contributed by atoms with Gasteiger partial charge in [-0.25, -0.2) is 0 Å². The highest BCUT2D eigenvalue weighted by atomic mass is 16.5. The maximum absolute atomic E-state index is 9.44. The van der Waals surface area contributed by atoms with Gasteiger partial charge >= 0.3 is 0 Å². The Morgan fingerprint density at radius 2 is 1.06 bits per heavy atom. The number of aliphatic hydroxyl groups excluding tert-OH is 1. The summed E-state index contributed by atoms with van der Waals surface area (Å²) in [6, 6.07) is 15.5. The molecule has 0 atom stereocenters. The highest BCUT2D eigenvalue weighted by Gasteiger charge is 2.04. The normalized spacial score (nSPS) is 10.1. The molecule has 0 aliphatic carbocycles. The lowest BCUT2D eigenvalue weighted by molar-refractivity contribution is 0.116. The summed E-state index contributed by atoms with van der Waals surface area (Å²) in [4.78, 5) is 0. The second kappa shape index (κ2) is 28.3. The molecule has 48 heavy (non-hydrogen) atoms. The molecule has 3 aromatic carbocycles. The fourth-order valence-corrected chi connectivity index (χ4v) is 3.87. The zero-order chi connectivity index (χ0) is 36.2. The van der Waals surface area contributed by atoms with Gasteiger partial charge in [0.1, 0.15) is 0 Å². The predicted molar refractivity (Wildman–Crippen MR) is 190 cm³/mol. The molecule has 0 saturated carbocycles. The van der Waals surface area contributed by atoms with E-state index in [2.05, 4.69) is 27.7 Å². The summed E-state index contributed by atoms with van der Waals surface area (Å²) >= 11 is 0. The molecule has 0 saturated heterocycles. The maximum Gasteiger partial charge on any atom is 0.160 e. The van der Waals surface area contributed by atoms with Crippen molar-refractivity contribution < 1.29 is 48.8 Å². The van der Waals surface area contributed by atoms with E-state index in [-0.39, 0.29) is 17.2 Å². The number of hydrogen-bond donors (Lipinski definition) is 4. The number of methoxy groups -OCH3 is 4. The Hall–Kier alpha value is -3.70. The number of aliphatic hydroxyl groups is 1. The lowest BCUT2D eigenvalue weighted by Crippen LogP contribution is -1.96. The maximum atomic E-state index is 9.44. The second-order valence-electron chi connectivity index (χ2n) is 11.0. The SMILES string of the molecule is CC(C)CCO.CCCCCCOCc1ccc(O)c(OC)c1.COCc1ccc(O)c(OC)c1.[CH2]COCc1ccc(O)c(OC)c1. The molecule has 0 unspecified atom stereocenters. The number of unbranched alkanes of at least 4 members (excludes halogenated alkanes) is 3. The standard InChI is InChI=1S/C14H22O3.C10H13O3.C9H12O3.C5H12O/c1-3-4-5-6-9-17-11-12-7-8-13(15)14(10-12)16-2;1-3-13-7-8-4-5-9(11)10(6-8)12-2;1-11-6-7-3-4-8(10)9(5-7)12-2;1-5(2)3-4-6/h7-8,10,15H,3-6,9,11H2,1-2H3;4-6,11H,1,3,7H2,2H3;3-5,10H,6H2,1-2H3;5-6H,3-4H2,1-2H3. The molecule has 0 spiro atoms. The van der Waals surface area contributed by atoms with Crippen molar-refractivity contribution in [3.8, 4) is 34.5 Å². The van der Waals surface area contributed by atoms with Crippen molar-refractivity contribution in [2.24, 2.45) is 5.92 Å². The number of phenolic OH excluding ortho intramolecular Hbond substituents is 3. The average molecular weight is 676 g/mol. The molecule has 3 rings (SSSR count). The van der Waals surface area contributed by atoms with E-state index < -0.39 is 0 Å². The van der Waals surface area contributed by atoms with Gasteiger partial charge in [0.15, 0.2) is 34.5 Å². The minimum Gasteiger partial charge on any atom is -0.504 e. The third kappa shape index (κ3) is 20.5. The summed E-state index contributed by atoms with van der Waals surface area (Å²) in [5, 5.41) is 36.2. The van der Waals surface area contributed by atoms with Crippen LogP contribution in [0, 0.1) is 12.8 Å². The van der Waals surface area contributed by atoms with E-state index in [9.17, 15) is 15.3 Å². The van der Waals surface area contributed by atoms with Gasteiger partial charge in [-0.3, -0.25) is 0 Å². The van der Waals surface area contributed by atoms with Gasteiger partial charge in [0.05, 0.1) is 41.2 Å². The molecule has 3 aromatic rings. The molecular weight excluding hydrogens is 616 g/mol. The Kier molecular flexibility index (Phi) is 26.1. The van der Waals surface area contributed by atoms with E-state index in [0.29, 0.717) is 56.2 Å². The van der Waals surface area contributed by atoms with Crippen LogP contribution in [0.2, 0.25) is 0 Å². The van der Waals surface area contributed by atoms with Crippen LogP contribution in [0.1, 0.15) is 69.6 Å². The number of rotatable bonds is 17. The van der Waals surface area contributed by atoms with Crippen LogP contribution in [0.3, 0.4) is 0 Å². The summed E-state index contributed by atoms with van der Waals surface area (Å²) < 4.78 is 30.5. The molecule has 0 aromatic heterocycles. The van der Waals surface area contributed by atoms with Gasteiger partial charge < -0.3 is 48.8 Å².